The SMILES string of the molecule is C#C/C=C/CCC1(C)NCCS1. The lowest BCUT2D eigenvalue weighted by molar-refractivity contribution is 0.511. The summed E-state index contributed by atoms with van der Waals surface area (Å²) >= 11 is 2.01. The minimum absolute atomic E-state index is 0.291. The van der Waals surface area contributed by atoms with Crippen LogP contribution in [0, 0.1) is 12.3 Å². The smallest absolute Gasteiger partial charge is 0.0620 e. The summed E-state index contributed by atoms with van der Waals surface area (Å²) in [5, 5.41) is 3.49. The van der Waals surface area contributed by atoms with E-state index in [9.17, 15) is 0 Å². The van der Waals surface area contributed by atoms with E-state index in [0.717, 1.165) is 19.4 Å². The quantitative estimate of drug-likeness (QED) is 0.668. The molecule has 1 nitrogen and oxygen atoms in total. The number of nitrogens with one attached hydrogen (secondary N) is 1. The van der Waals surface area contributed by atoms with Crippen LogP contribution in [0.25, 0.3) is 0 Å². The van der Waals surface area contributed by atoms with Crippen molar-refractivity contribution in [2.24, 2.45) is 0 Å². The normalized spacial score (nSPS) is 29.3. The summed E-state index contributed by atoms with van der Waals surface area (Å²) in [6.07, 6.45) is 11.2. The summed E-state index contributed by atoms with van der Waals surface area (Å²) in [7, 11) is 0. The average molecular weight is 181 g/mol. The number of allylic oxidation sites excluding steroid dienone is 2. The number of hydrogen-bond donors (Lipinski definition) is 1. The Balaban J connectivity index is 2.22. The molecule has 1 fully saturated rings. The highest BCUT2D eigenvalue weighted by Gasteiger charge is 2.27. The van der Waals surface area contributed by atoms with Crippen LogP contribution in [0.3, 0.4) is 0 Å². The Morgan fingerprint density at radius 3 is 3.17 bits per heavy atom. The van der Waals surface area contributed by atoms with Gasteiger partial charge in [-0.15, -0.1) is 18.2 Å². The van der Waals surface area contributed by atoms with Gasteiger partial charge in [0.2, 0.25) is 0 Å². The van der Waals surface area contributed by atoms with Gasteiger partial charge in [-0.05, 0) is 25.8 Å². The molecule has 1 aliphatic rings. The molecule has 1 atom stereocenters. The first-order valence-electron chi connectivity index (χ1n) is 4.27. The summed E-state index contributed by atoms with van der Waals surface area (Å²) in [6.45, 7) is 3.40. The van der Waals surface area contributed by atoms with Crippen LogP contribution in [0.4, 0.5) is 0 Å². The standard InChI is InChI=1S/C10H15NS/c1-3-4-5-6-7-10(2)11-8-9-12-10/h1,4-5,11H,6-9H2,2H3/b5-4+. The van der Waals surface area contributed by atoms with E-state index in [4.69, 9.17) is 6.42 Å². The molecule has 0 aromatic carbocycles. The lowest BCUT2D eigenvalue weighted by Crippen LogP contribution is -2.33. The van der Waals surface area contributed by atoms with Crippen LogP contribution in [0.15, 0.2) is 12.2 Å². The van der Waals surface area contributed by atoms with Crippen molar-refractivity contribution in [3.63, 3.8) is 0 Å². The van der Waals surface area contributed by atoms with Gasteiger partial charge in [0.15, 0.2) is 0 Å². The van der Waals surface area contributed by atoms with Crippen molar-refractivity contribution in [1.82, 2.24) is 5.32 Å². The average Bonchev–Trinajstić information content (AvgIpc) is 2.47. The highest BCUT2D eigenvalue weighted by molar-refractivity contribution is 8.00. The van der Waals surface area contributed by atoms with E-state index < -0.39 is 0 Å². The Bertz CT molecular complexity index is 196. The number of thioether (sulfide) groups is 1. The molecule has 1 heterocycles. The second kappa shape index (κ2) is 4.59. The lowest BCUT2D eigenvalue weighted by Gasteiger charge is -2.22. The van der Waals surface area contributed by atoms with Gasteiger partial charge in [0.25, 0.3) is 0 Å². The third-order valence-corrected chi connectivity index (χ3v) is 3.42. The van der Waals surface area contributed by atoms with E-state index in [1.165, 1.54) is 5.75 Å². The van der Waals surface area contributed by atoms with Crippen molar-refractivity contribution < 1.29 is 0 Å². The molecule has 0 spiro atoms. The van der Waals surface area contributed by atoms with Crippen LogP contribution < -0.4 is 5.32 Å². The highest BCUT2D eigenvalue weighted by Crippen LogP contribution is 2.30. The molecule has 66 valence electrons. The predicted octanol–water partition coefficient (Wildman–Crippen LogP) is 2.01. The van der Waals surface area contributed by atoms with Crippen molar-refractivity contribution in [3.05, 3.63) is 12.2 Å². The van der Waals surface area contributed by atoms with Gasteiger partial charge in [-0.25, -0.2) is 0 Å². The summed E-state index contributed by atoms with van der Waals surface area (Å²) in [6, 6.07) is 0. The Kier molecular flexibility index (Phi) is 3.71. The molecule has 1 rings (SSSR count). The fourth-order valence-electron chi connectivity index (χ4n) is 1.31. The number of rotatable bonds is 3. The van der Waals surface area contributed by atoms with E-state index >= 15 is 0 Å². The molecular weight excluding hydrogens is 166 g/mol. The van der Waals surface area contributed by atoms with Crippen molar-refractivity contribution in [1.29, 1.82) is 0 Å². The van der Waals surface area contributed by atoms with Crippen LogP contribution in [-0.4, -0.2) is 17.2 Å². The Morgan fingerprint density at radius 1 is 1.75 bits per heavy atom. The maximum atomic E-state index is 5.10. The molecular formula is C10H15NS. The van der Waals surface area contributed by atoms with Gasteiger partial charge in [-0.3, -0.25) is 0 Å². The van der Waals surface area contributed by atoms with E-state index in [0.29, 0.717) is 4.87 Å². The van der Waals surface area contributed by atoms with Crippen LogP contribution in [0.5, 0.6) is 0 Å². The van der Waals surface area contributed by atoms with E-state index in [1.807, 2.05) is 11.8 Å². The largest absolute Gasteiger partial charge is 0.302 e. The molecule has 0 aliphatic carbocycles. The van der Waals surface area contributed by atoms with Crippen LogP contribution in [0.2, 0.25) is 0 Å². The zero-order valence-corrected chi connectivity index (χ0v) is 8.29. The Morgan fingerprint density at radius 2 is 2.58 bits per heavy atom. The van der Waals surface area contributed by atoms with E-state index in [1.54, 1.807) is 6.08 Å². The predicted molar refractivity (Wildman–Crippen MR) is 56.1 cm³/mol. The lowest BCUT2D eigenvalue weighted by atomic mass is 10.1. The molecule has 0 radical (unpaired) electrons. The van der Waals surface area contributed by atoms with Gasteiger partial charge in [-0.2, -0.15) is 0 Å². The third-order valence-electron chi connectivity index (χ3n) is 2.02. The topological polar surface area (TPSA) is 12.0 Å². The van der Waals surface area contributed by atoms with Gasteiger partial charge < -0.3 is 5.32 Å². The fraction of sp³-hybridized carbons (Fsp3) is 0.600. The Labute approximate surface area is 79.0 Å². The second-order valence-corrected chi connectivity index (χ2v) is 4.71. The molecule has 2 heteroatoms. The minimum Gasteiger partial charge on any atom is -0.302 e. The molecule has 0 amide bonds. The van der Waals surface area contributed by atoms with Crippen LogP contribution in [0.1, 0.15) is 19.8 Å². The third kappa shape index (κ3) is 2.92. The molecule has 1 saturated heterocycles. The molecule has 0 bridgehead atoms. The number of hydrogen-bond acceptors (Lipinski definition) is 2. The van der Waals surface area contributed by atoms with Crippen molar-refractivity contribution in [3.8, 4) is 12.3 Å². The monoisotopic (exact) mass is 181 g/mol. The van der Waals surface area contributed by atoms with Crippen molar-refractivity contribution in [2.75, 3.05) is 12.3 Å². The summed E-state index contributed by atoms with van der Waals surface area (Å²) < 4.78 is 0. The molecule has 1 unspecified atom stereocenters. The molecule has 0 saturated carbocycles. The first kappa shape index (κ1) is 9.70. The van der Waals surface area contributed by atoms with Crippen LogP contribution in [-0.2, 0) is 0 Å². The minimum atomic E-state index is 0.291. The second-order valence-electron chi connectivity index (χ2n) is 3.11. The molecule has 0 aromatic rings. The van der Waals surface area contributed by atoms with Crippen molar-refractivity contribution >= 4 is 11.8 Å². The fourth-order valence-corrected chi connectivity index (χ4v) is 2.43. The maximum Gasteiger partial charge on any atom is 0.0620 e. The van der Waals surface area contributed by atoms with Crippen LogP contribution >= 0.6 is 11.8 Å². The summed E-state index contributed by atoms with van der Waals surface area (Å²) in [5.41, 5.74) is 0. The Hall–Kier alpha value is -0.390. The molecule has 1 aliphatic heterocycles. The maximum absolute atomic E-state index is 5.10. The first-order chi connectivity index (χ1) is 5.77. The van der Waals surface area contributed by atoms with Gasteiger partial charge in [0.1, 0.15) is 0 Å². The molecule has 12 heavy (non-hydrogen) atoms. The van der Waals surface area contributed by atoms with Gasteiger partial charge in [0, 0.05) is 12.3 Å². The summed E-state index contributed by atoms with van der Waals surface area (Å²) in [5.74, 6) is 3.73. The van der Waals surface area contributed by atoms with Gasteiger partial charge >= 0.3 is 0 Å². The first-order valence-corrected chi connectivity index (χ1v) is 5.25. The zero-order valence-electron chi connectivity index (χ0n) is 7.47. The van der Waals surface area contributed by atoms with Gasteiger partial charge in [0.05, 0.1) is 4.87 Å². The highest BCUT2D eigenvalue weighted by atomic mass is 32.2. The van der Waals surface area contributed by atoms with Gasteiger partial charge in [-0.1, -0.05) is 12.0 Å². The summed E-state index contributed by atoms with van der Waals surface area (Å²) in [4.78, 5) is 0.291. The van der Waals surface area contributed by atoms with Crippen molar-refractivity contribution in [2.45, 2.75) is 24.6 Å². The molecule has 1 N–H and O–H groups in total. The number of terminal acetylenes is 1. The molecule has 0 aromatic heterocycles. The zero-order chi connectivity index (χ0) is 8.86. The van der Waals surface area contributed by atoms with E-state index in [-0.39, 0.29) is 0 Å². The van der Waals surface area contributed by atoms with E-state index in [2.05, 4.69) is 24.2 Å².